The van der Waals surface area contributed by atoms with Gasteiger partial charge in [0.2, 0.25) is 0 Å². The Labute approximate surface area is 390 Å². The number of aliphatic hydroxyl groups excluding tert-OH is 1. The second-order valence-corrected chi connectivity index (χ2v) is 18.5. The predicted octanol–water partition coefficient (Wildman–Crippen LogP) is 0.197. The molecule has 0 bridgehead atoms. The summed E-state index contributed by atoms with van der Waals surface area (Å²) in [4.78, 5) is 99.1. The van der Waals surface area contributed by atoms with Crippen LogP contribution in [0.5, 0.6) is 0 Å². The molecule has 2 aliphatic rings. The molecule has 0 aliphatic carbocycles. The number of phosphoric ester groups is 2. The molecule has 4 unspecified atom stereocenters. The number of fused-ring (bicyclic) bond motifs is 2. The summed E-state index contributed by atoms with van der Waals surface area (Å²) >= 11 is 0. The molecule has 2 fully saturated rings. The number of aromatic nitrogens is 6. The molecule has 374 valence electrons. The van der Waals surface area contributed by atoms with Crippen molar-refractivity contribution >= 4 is 67.0 Å². The number of nitrogens with two attached hydrogens (primary N) is 3. The van der Waals surface area contributed by atoms with Gasteiger partial charge in [-0.1, -0.05) is 0 Å². The number of benzene rings is 1. The van der Waals surface area contributed by atoms with Gasteiger partial charge in [-0.3, -0.25) is 32.3 Å². The van der Waals surface area contributed by atoms with Crippen molar-refractivity contribution < 1.29 is 70.7 Å². The Morgan fingerprint density at radius 1 is 0.986 bits per heavy atom. The monoisotopic (exact) mass is 1010 g/mol. The van der Waals surface area contributed by atoms with Gasteiger partial charge in [0, 0.05) is 49.4 Å². The van der Waals surface area contributed by atoms with E-state index in [0.717, 1.165) is 29.7 Å². The fourth-order valence-electron chi connectivity index (χ4n) is 7.77. The second kappa shape index (κ2) is 21.5. The molecule has 4 aromatic heterocycles. The number of esters is 1. The quantitative estimate of drug-likeness (QED) is 0.0211. The van der Waals surface area contributed by atoms with E-state index in [1.807, 2.05) is 19.9 Å². The Kier molecular flexibility index (Phi) is 15.9. The van der Waals surface area contributed by atoms with Crippen LogP contribution in [-0.4, -0.2) is 130 Å². The number of hydrogen-bond acceptors (Lipinski definition) is 22. The van der Waals surface area contributed by atoms with Crippen molar-refractivity contribution in [2.75, 3.05) is 49.2 Å². The number of amides is 1. The lowest BCUT2D eigenvalue weighted by Gasteiger charge is -2.24. The van der Waals surface area contributed by atoms with Crippen LogP contribution >= 0.6 is 15.6 Å². The van der Waals surface area contributed by atoms with Gasteiger partial charge >= 0.3 is 32.9 Å². The number of imidazole rings is 1. The van der Waals surface area contributed by atoms with Crippen molar-refractivity contribution in [3.8, 4) is 0 Å². The number of carbonyl (C=O) groups is 2. The molecule has 9 atom stereocenters. The number of phosphoric acid groups is 2. The smallest absolute Gasteiger partial charge is 0.455 e. The number of nitrogen functional groups attached to an aromatic ring is 2. The van der Waals surface area contributed by atoms with E-state index >= 15 is 0 Å². The van der Waals surface area contributed by atoms with Gasteiger partial charge in [0.25, 0.3) is 5.91 Å². The molecule has 1 amide bonds. The minimum absolute atomic E-state index is 0.00191. The van der Waals surface area contributed by atoms with E-state index in [4.69, 9.17) is 44.9 Å². The third-order valence-corrected chi connectivity index (χ3v) is 12.8. The Bertz CT molecular complexity index is 2880. The van der Waals surface area contributed by atoms with E-state index in [1.165, 1.54) is 29.2 Å². The number of anilines is 3. The molecule has 69 heavy (non-hydrogen) atoms. The summed E-state index contributed by atoms with van der Waals surface area (Å²) in [5, 5.41) is 14.8. The van der Waals surface area contributed by atoms with Gasteiger partial charge in [-0.15, -0.1) is 0 Å². The van der Waals surface area contributed by atoms with Gasteiger partial charge in [0.05, 0.1) is 19.5 Å². The minimum atomic E-state index is -5.22. The average Bonchev–Trinajstić information content (AvgIpc) is 3.99. The second-order valence-electron chi connectivity index (χ2n) is 15.8. The van der Waals surface area contributed by atoms with Gasteiger partial charge in [0.15, 0.2) is 23.8 Å². The molecule has 2 aliphatic heterocycles. The van der Waals surface area contributed by atoms with Crippen LogP contribution in [0.3, 0.4) is 0 Å². The van der Waals surface area contributed by atoms with Crippen LogP contribution in [0.4, 0.5) is 17.3 Å². The summed E-state index contributed by atoms with van der Waals surface area (Å²) in [6, 6.07) is 6.84. The number of ether oxygens (including phenoxy) is 3. The van der Waals surface area contributed by atoms with Crippen molar-refractivity contribution in [2.24, 2.45) is 5.73 Å². The molecule has 5 aromatic rings. The van der Waals surface area contributed by atoms with Crippen LogP contribution in [-0.2, 0) is 41.7 Å². The van der Waals surface area contributed by atoms with Gasteiger partial charge in [0.1, 0.15) is 65.5 Å². The van der Waals surface area contributed by atoms with Crippen molar-refractivity contribution in [3.05, 3.63) is 75.7 Å². The van der Waals surface area contributed by atoms with Gasteiger partial charge in [-0.25, -0.2) is 33.7 Å². The average molecular weight is 1010 g/mol. The Morgan fingerprint density at radius 2 is 1.74 bits per heavy atom. The molecule has 28 nitrogen and oxygen atoms in total. The standard InChI is InChI=1S/C39H51N11O17P2/c1-3-48(4-2)21-9-8-20-13-22(37(53)65-24(20)14-21)35(52)43-11-6-5-7-23(40)38(54)66-32-27(64-36(31(32)51)50-19-46-30-33(42)44-18-45-34(30)50)17-62-69(59,60)67-25-15-29(49-12-10-28(41)47-39(49)55)63-26(25)16-61-68(56,57)58/h8-10,12-14,18-19,23,25-27,29,31-32,36,51H,3-7,11,15-17,40H2,1-2H3,(H,43,52)(H,59,60)(H2,41,47,55)(H2,42,44,45)(H2,56,57,58)/t23-,25?,26+,27+,29+,31?,32?,36+/m0/s1. The van der Waals surface area contributed by atoms with Crippen LogP contribution in [0.2, 0.25) is 0 Å². The van der Waals surface area contributed by atoms with Crippen molar-refractivity contribution in [2.45, 2.75) is 88.5 Å². The summed E-state index contributed by atoms with van der Waals surface area (Å²) in [7, 11) is -10.3. The molecule has 30 heteroatoms. The van der Waals surface area contributed by atoms with Crippen molar-refractivity contribution in [3.63, 3.8) is 0 Å². The lowest BCUT2D eigenvalue weighted by atomic mass is 10.1. The fraction of sp³-hybridized carbons (Fsp3) is 0.487. The van der Waals surface area contributed by atoms with E-state index in [1.54, 1.807) is 12.1 Å². The maximum Gasteiger partial charge on any atom is 0.472 e. The zero-order valence-corrected chi connectivity index (χ0v) is 38.7. The van der Waals surface area contributed by atoms with Crippen molar-refractivity contribution in [1.29, 1.82) is 0 Å². The van der Waals surface area contributed by atoms with E-state index < -0.39 is 101 Å². The normalized spacial score (nSPS) is 23.0. The first-order valence-electron chi connectivity index (χ1n) is 21.4. The van der Waals surface area contributed by atoms with E-state index in [9.17, 15) is 48.1 Å². The van der Waals surface area contributed by atoms with Crippen LogP contribution in [0.15, 0.2) is 63.2 Å². The molecule has 1 aromatic carbocycles. The summed E-state index contributed by atoms with van der Waals surface area (Å²) in [6.07, 6.45) is -6.51. The lowest BCUT2D eigenvalue weighted by molar-refractivity contribution is -0.158. The summed E-state index contributed by atoms with van der Waals surface area (Å²) < 4.78 is 65.3. The fourth-order valence-corrected chi connectivity index (χ4v) is 9.07. The van der Waals surface area contributed by atoms with E-state index in [0.29, 0.717) is 23.8 Å². The lowest BCUT2D eigenvalue weighted by Crippen LogP contribution is -2.43. The maximum atomic E-state index is 13.5. The molecule has 7 rings (SSSR count). The van der Waals surface area contributed by atoms with Crippen LogP contribution in [0.25, 0.3) is 22.1 Å². The van der Waals surface area contributed by atoms with E-state index in [2.05, 4.69) is 34.7 Å². The number of aliphatic hydroxyl groups is 1. The summed E-state index contributed by atoms with van der Waals surface area (Å²) in [5.74, 6) is -1.76. The zero-order valence-electron chi connectivity index (χ0n) is 37.0. The highest BCUT2D eigenvalue weighted by atomic mass is 31.2. The Hall–Kier alpha value is -5.74. The molecule has 0 spiro atoms. The number of hydrogen-bond donors (Lipinski definition) is 8. The number of nitrogens with one attached hydrogen (secondary N) is 1. The Morgan fingerprint density at radius 3 is 2.46 bits per heavy atom. The van der Waals surface area contributed by atoms with Crippen molar-refractivity contribution in [1.82, 2.24) is 34.4 Å². The molecule has 0 saturated carbocycles. The number of unbranched alkanes of at least 4 members (excludes halogenated alkanes) is 1. The third-order valence-electron chi connectivity index (χ3n) is 11.3. The maximum absolute atomic E-state index is 13.5. The zero-order chi connectivity index (χ0) is 49.8. The largest absolute Gasteiger partial charge is 0.472 e. The highest BCUT2D eigenvalue weighted by Gasteiger charge is 2.50. The third kappa shape index (κ3) is 12.2. The SMILES string of the molecule is CCN(CC)c1ccc2cc(C(=O)NCCCC[C@H](N)C(=O)OC3C(O)[C@H](n4cnc5c(N)ncnc54)O[C@@H]3COP(=O)(O)OC3C[C@H](n4ccc(N)nc4=O)O[C@@H]3COP(=O)(O)O)c(=O)oc2c1. The molecular weight excluding hydrogens is 956 g/mol. The van der Waals surface area contributed by atoms with E-state index in [-0.39, 0.29) is 47.7 Å². The van der Waals surface area contributed by atoms with Gasteiger partial charge < -0.3 is 65.8 Å². The highest BCUT2D eigenvalue weighted by molar-refractivity contribution is 7.47. The predicted molar refractivity (Wildman–Crippen MR) is 240 cm³/mol. The minimum Gasteiger partial charge on any atom is -0.455 e. The first-order chi connectivity index (χ1) is 32.7. The van der Waals surface area contributed by atoms with Gasteiger partial charge in [-0.2, -0.15) is 4.98 Å². The number of rotatable bonds is 21. The van der Waals surface area contributed by atoms with Crippen LogP contribution < -0.4 is 38.7 Å². The topological polar surface area (TPSA) is 407 Å². The Balaban J connectivity index is 0.982. The molecule has 0 radical (unpaired) electrons. The summed E-state index contributed by atoms with van der Waals surface area (Å²) in [6.45, 7) is 3.89. The first-order valence-corrected chi connectivity index (χ1v) is 24.5. The molecular formula is C39H51N11O17P2. The van der Waals surface area contributed by atoms with Crippen LogP contribution in [0.1, 0.15) is 62.3 Å². The first kappa shape index (κ1) is 51.1. The summed E-state index contributed by atoms with van der Waals surface area (Å²) in [5.41, 5.74) is 17.3. The highest BCUT2D eigenvalue weighted by Crippen LogP contribution is 2.50. The molecule has 2 saturated heterocycles. The number of nitrogens with zero attached hydrogens (tertiary/aromatic N) is 7. The van der Waals surface area contributed by atoms with Crippen LogP contribution in [0, 0.1) is 0 Å². The molecule has 11 N–H and O–H groups in total. The number of carbonyl (C=O) groups excluding carboxylic acids is 2. The molecule has 6 heterocycles. The van der Waals surface area contributed by atoms with Gasteiger partial charge in [-0.05, 0) is 57.4 Å².